The normalized spacial score (nSPS) is 11.5. The third-order valence-corrected chi connectivity index (χ3v) is 6.08. The van der Waals surface area contributed by atoms with Crippen molar-refractivity contribution >= 4 is 33.0 Å². The Hall–Kier alpha value is -3.97. The topological polar surface area (TPSA) is 84.8 Å². The fourth-order valence-corrected chi connectivity index (χ4v) is 3.97. The van der Waals surface area contributed by atoms with Gasteiger partial charge in [0.25, 0.3) is 10.0 Å². The third-order valence-electron chi connectivity index (χ3n) is 4.84. The molecule has 0 heterocycles. The van der Waals surface area contributed by atoms with Crippen LogP contribution in [0.4, 0.5) is 0 Å². The van der Waals surface area contributed by atoms with Gasteiger partial charge in [-0.05, 0) is 48.0 Å². The van der Waals surface area contributed by atoms with Crippen LogP contribution in [0.5, 0.6) is 5.75 Å². The molecule has 4 aromatic rings. The molecular weight excluding hydrogens is 424 g/mol. The van der Waals surface area contributed by atoms with Crippen molar-refractivity contribution in [2.45, 2.75) is 11.8 Å². The third kappa shape index (κ3) is 4.68. The lowest BCUT2D eigenvalue weighted by Gasteiger charge is -2.09. The van der Waals surface area contributed by atoms with E-state index in [-0.39, 0.29) is 10.6 Å². The number of carbonyl (C=O) groups is 1. The molecule has 0 aliphatic carbocycles. The molecule has 0 aliphatic heterocycles. The monoisotopic (exact) mass is 444 g/mol. The van der Waals surface area contributed by atoms with Crippen LogP contribution < -0.4 is 9.57 Å². The highest BCUT2D eigenvalue weighted by molar-refractivity contribution is 7.89. The number of sulfonamides is 1. The van der Waals surface area contributed by atoms with Gasteiger partial charge in [0.2, 0.25) is 0 Å². The van der Waals surface area contributed by atoms with E-state index in [1.54, 1.807) is 48.5 Å². The first kappa shape index (κ1) is 21.3. The molecule has 0 radical (unpaired) electrons. The molecule has 0 saturated carbocycles. The van der Waals surface area contributed by atoms with Crippen molar-refractivity contribution in [2.75, 3.05) is 0 Å². The van der Waals surface area contributed by atoms with Crippen molar-refractivity contribution in [3.05, 3.63) is 108 Å². The van der Waals surface area contributed by atoms with E-state index in [4.69, 9.17) is 4.74 Å². The Morgan fingerprint density at radius 2 is 1.56 bits per heavy atom. The van der Waals surface area contributed by atoms with Crippen molar-refractivity contribution in [1.82, 2.24) is 4.83 Å². The molecular formula is C25H20N2O4S. The molecule has 0 unspecified atom stereocenters. The second-order valence-corrected chi connectivity index (χ2v) is 8.78. The van der Waals surface area contributed by atoms with Crippen LogP contribution in [0.15, 0.2) is 101 Å². The van der Waals surface area contributed by atoms with Crippen LogP contribution in [0.2, 0.25) is 0 Å². The van der Waals surface area contributed by atoms with E-state index >= 15 is 0 Å². The minimum atomic E-state index is -3.81. The number of nitrogens with zero attached hydrogens (tertiary/aromatic N) is 1. The number of esters is 1. The summed E-state index contributed by atoms with van der Waals surface area (Å²) in [5, 5.41) is 5.57. The van der Waals surface area contributed by atoms with Crippen LogP contribution in [0.1, 0.15) is 21.5 Å². The molecule has 1 N–H and O–H groups in total. The lowest BCUT2D eigenvalue weighted by Crippen LogP contribution is -2.18. The smallest absolute Gasteiger partial charge is 0.344 e. The highest BCUT2D eigenvalue weighted by atomic mass is 32.2. The first-order valence-corrected chi connectivity index (χ1v) is 11.3. The summed E-state index contributed by atoms with van der Waals surface area (Å²) in [4.78, 5) is 15.1. The van der Waals surface area contributed by atoms with Gasteiger partial charge < -0.3 is 4.74 Å². The summed E-state index contributed by atoms with van der Waals surface area (Å²) in [6.45, 7) is 1.87. The van der Waals surface area contributed by atoms with Gasteiger partial charge in [-0.3, -0.25) is 0 Å². The fraction of sp³-hybridized carbons (Fsp3) is 0.0400. The summed E-state index contributed by atoms with van der Waals surface area (Å²) in [5.74, 6) is -0.244. The maximum absolute atomic E-state index is 12.8. The van der Waals surface area contributed by atoms with Crippen molar-refractivity contribution < 1.29 is 17.9 Å². The molecule has 0 aliphatic rings. The summed E-state index contributed by atoms with van der Waals surface area (Å²) >= 11 is 0. The molecule has 0 saturated heterocycles. The number of benzene rings is 4. The summed E-state index contributed by atoms with van der Waals surface area (Å²) in [7, 11) is -3.81. The van der Waals surface area contributed by atoms with E-state index in [1.807, 2.05) is 37.3 Å². The Morgan fingerprint density at radius 1 is 0.875 bits per heavy atom. The number of para-hydroxylation sites is 1. The Bertz CT molecular complexity index is 1410. The molecule has 0 spiro atoms. The van der Waals surface area contributed by atoms with Crippen molar-refractivity contribution in [3.63, 3.8) is 0 Å². The molecule has 0 atom stereocenters. The van der Waals surface area contributed by atoms with Gasteiger partial charge in [0.1, 0.15) is 5.75 Å². The van der Waals surface area contributed by atoms with E-state index in [0.29, 0.717) is 11.1 Å². The molecule has 4 aromatic carbocycles. The lowest BCUT2D eigenvalue weighted by molar-refractivity contribution is 0.0736. The standard InChI is InChI=1S/C25H20N2O4S/c1-18-13-15-21(16-14-18)32(29,30)27-26-17-20-8-3-5-12-24(20)31-25(28)23-11-6-9-19-7-2-4-10-22(19)23/h2-17,27H,1H3/b26-17-. The molecule has 160 valence electrons. The van der Waals surface area contributed by atoms with Gasteiger partial charge in [-0.2, -0.15) is 13.5 Å². The van der Waals surface area contributed by atoms with E-state index in [0.717, 1.165) is 16.3 Å². The maximum atomic E-state index is 12.8. The lowest BCUT2D eigenvalue weighted by atomic mass is 10.0. The number of rotatable bonds is 6. The van der Waals surface area contributed by atoms with Gasteiger partial charge in [-0.15, -0.1) is 0 Å². The molecule has 6 nitrogen and oxygen atoms in total. The van der Waals surface area contributed by atoms with Gasteiger partial charge in [-0.1, -0.05) is 66.2 Å². The van der Waals surface area contributed by atoms with Crippen molar-refractivity contribution in [1.29, 1.82) is 0 Å². The fourth-order valence-electron chi connectivity index (χ4n) is 3.17. The number of hydrogen-bond acceptors (Lipinski definition) is 5. The van der Waals surface area contributed by atoms with E-state index in [1.165, 1.54) is 18.3 Å². The number of hydrazone groups is 1. The Labute approximate surface area is 186 Å². The Morgan fingerprint density at radius 3 is 2.38 bits per heavy atom. The highest BCUT2D eigenvalue weighted by Crippen LogP contribution is 2.22. The van der Waals surface area contributed by atoms with E-state index < -0.39 is 16.0 Å². The van der Waals surface area contributed by atoms with Crippen LogP contribution in [0.25, 0.3) is 10.8 Å². The molecule has 32 heavy (non-hydrogen) atoms. The summed E-state index contributed by atoms with van der Waals surface area (Å²) in [6.07, 6.45) is 1.30. The van der Waals surface area contributed by atoms with Gasteiger partial charge in [0.05, 0.1) is 16.7 Å². The first-order chi connectivity index (χ1) is 15.4. The van der Waals surface area contributed by atoms with Crippen LogP contribution >= 0.6 is 0 Å². The summed E-state index contributed by atoms with van der Waals surface area (Å²) in [6, 6.07) is 26.2. The number of aryl methyl sites for hydroxylation is 1. The van der Waals surface area contributed by atoms with Crippen LogP contribution in [-0.2, 0) is 10.0 Å². The minimum absolute atomic E-state index is 0.107. The van der Waals surface area contributed by atoms with Gasteiger partial charge in [0.15, 0.2) is 0 Å². The molecule has 0 amide bonds. The number of nitrogens with one attached hydrogen (secondary N) is 1. The predicted octanol–water partition coefficient (Wildman–Crippen LogP) is 4.68. The maximum Gasteiger partial charge on any atom is 0.344 e. The zero-order valence-electron chi connectivity index (χ0n) is 17.2. The van der Waals surface area contributed by atoms with E-state index in [9.17, 15) is 13.2 Å². The number of hydrogen-bond donors (Lipinski definition) is 1. The molecule has 0 fully saturated rings. The number of ether oxygens (including phenoxy) is 1. The molecule has 0 aromatic heterocycles. The Kier molecular flexibility index (Phi) is 6.00. The van der Waals surface area contributed by atoms with Gasteiger partial charge in [0, 0.05) is 5.56 Å². The zero-order chi connectivity index (χ0) is 22.6. The zero-order valence-corrected chi connectivity index (χ0v) is 18.0. The molecule has 4 rings (SSSR count). The van der Waals surface area contributed by atoms with Crippen molar-refractivity contribution in [3.8, 4) is 5.75 Å². The van der Waals surface area contributed by atoms with Crippen LogP contribution in [0, 0.1) is 6.92 Å². The quantitative estimate of drug-likeness (QED) is 0.203. The van der Waals surface area contributed by atoms with Crippen molar-refractivity contribution in [2.24, 2.45) is 5.10 Å². The van der Waals surface area contributed by atoms with Crippen LogP contribution in [0.3, 0.4) is 0 Å². The minimum Gasteiger partial charge on any atom is -0.422 e. The number of carbonyl (C=O) groups excluding carboxylic acids is 1. The SMILES string of the molecule is Cc1ccc(S(=O)(=O)N/N=C\c2ccccc2OC(=O)c2cccc3ccccc23)cc1. The molecule has 7 heteroatoms. The Balaban J connectivity index is 1.54. The average Bonchev–Trinajstić information content (AvgIpc) is 2.80. The first-order valence-electron chi connectivity index (χ1n) is 9.84. The van der Waals surface area contributed by atoms with Crippen LogP contribution in [-0.4, -0.2) is 20.6 Å². The summed E-state index contributed by atoms with van der Waals surface area (Å²) < 4.78 is 30.4. The second-order valence-electron chi connectivity index (χ2n) is 7.12. The summed E-state index contributed by atoms with van der Waals surface area (Å²) in [5.41, 5.74) is 1.84. The van der Waals surface area contributed by atoms with Gasteiger partial charge in [-0.25, -0.2) is 9.63 Å². The predicted molar refractivity (Wildman–Crippen MR) is 124 cm³/mol. The van der Waals surface area contributed by atoms with Gasteiger partial charge >= 0.3 is 5.97 Å². The average molecular weight is 445 g/mol. The molecule has 0 bridgehead atoms. The van der Waals surface area contributed by atoms with E-state index in [2.05, 4.69) is 9.93 Å². The highest BCUT2D eigenvalue weighted by Gasteiger charge is 2.15. The largest absolute Gasteiger partial charge is 0.422 e. The second kappa shape index (κ2) is 9.03. The number of fused-ring (bicyclic) bond motifs is 1.